The van der Waals surface area contributed by atoms with Crippen molar-refractivity contribution in [3.8, 4) is 0 Å². The standard InChI is InChI=1S/C12H16N2O6/c1-6-2-14(11(18)13-9(6)17)10-8-7(3-15)12(4-16,20-10)5-19-8/h2,7-8,10,15-16H,3-5H2,1H3,(H,13,17,18)/t7?,8?,10-,12+/m1/s1. The number of aliphatic hydroxyl groups is 2. The third kappa shape index (κ3) is 1.69. The zero-order valence-electron chi connectivity index (χ0n) is 10.9. The number of aromatic amines is 1. The average molecular weight is 284 g/mol. The third-order valence-electron chi connectivity index (χ3n) is 4.11. The highest BCUT2D eigenvalue weighted by atomic mass is 16.6. The first-order valence-corrected chi connectivity index (χ1v) is 6.35. The van der Waals surface area contributed by atoms with Crippen molar-refractivity contribution in [3.63, 3.8) is 0 Å². The van der Waals surface area contributed by atoms with Crippen molar-refractivity contribution in [2.24, 2.45) is 5.92 Å². The maximum Gasteiger partial charge on any atom is 0.330 e. The Balaban J connectivity index is 2.04. The normalized spacial score (nSPS) is 35.6. The van der Waals surface area contributed by atoms with E-state index in [0.29, 0.717) is 5.56 Å². The van der Waals surface area contributed by atoms with Gasteiger partial charge in [-0.15, -0.1) is 0 Å². The van der Waals surface area contributed by atoms with Crippen molar-refractivity contribution in [3.05, 3.63) is 32.6 Å². The van der Waals surface area contributed by atoms with Gasteiger partial charge in [-0.05, 0) is 6.92 Å². The Bertz CT molecular complexity index is 638. The number of hydrogen-bond donors (Lipinski definition) is 3. The van der Waals surface area contributed by atoms with Crippen LogP contribution in [0.2, 0.25) is 0 Å². The molecule has 0 radical (unpaired) electrons. The van der Waals surface area contributed by atoms with Crippen LogP contribution in [-0.2, 0) is 9.47 Å². The van der Waals surface area contributed by atoms with Crippen LogP contribution in [-0.4, -0.2) is 51.3 Å². The largest absolute Gasteiger partial charge is 0.396 e. The number of aliphatic hydroxyl groups excluding tert-OH is 2. The lowest BCUT2D eigenvalue weighted by Crippen LogP contribution is -2.44. The second kappa shape index (κ2) is 4.52. The van der Waals surface area contributed by atoms with E-state index >= 15 is 0 Å². The molecule has 8 heteroatoms. The molecule has 0 spiro atoms. The van der Waals surface area contributed by atoms with Crippen molar-refractivity contribution < 1.29 is 19.7 Å². The maximum atomic E-state index is 11.9. The predicted molar refractivity (Wildman–Crippen MR) is 66.3 cm³/mol. The molecule has 3 heterocycles. The number of aromatic nitrogens is 2. The van der Waals surface area contributed by atoms with E-state index in [4.69, 9.17) is 9.47 Å². The topological polar surface area (TPSA) is 114 Å². The highest BCUT2D eigenvalue weighted by molar-refractivity contribution is 5.08. The molecule has 0 saturated carbocycles. The zero-order valence-corrected chi connectivity index (χ0v) is 10.9. The van der Waals surface area contributed by atoms with Crippen LogP contribution in [0.1, 0.15) is 11.8 Å². The molecule has 8 nitrogen and oxygen atoms in total. The van der Waals surface area contributed by atoms with Gasteiger partial charge in [0.05, 0.1) is 19.8 Å². The van der Waals surface area contributed by atoms with E-state index < -0.39 is 35.1 Å². The summed E-state index contributed by atoms with van der Waals surface area (Å²) in [5.41, 5.74) is -1.68. The Labute approximate surface area is 113 Å². The summed E-state index contributed by atoms with van der Waals surface area (Å²) >= 11 is 0. The van der Waals surface area contributed by atoms with Gasteiger partial charge in [0.1, 0.15) is 11.7 Å². The van der Waals surface area contributed by atoms with Crippen molar-refractivity contribution in [1.82, 2.24) is 9.55 Å². The summed E-state index contributed by atoms with van der Waals surface area (Å²) in [4.78, 5) is 25.5. The molecular formula is C12H16N2O6. The minimum absolute atomic E-state index is 0.174. The van der Waals surface area contributed by atoms with Crippen LogP contribution in [0.4, 0.5) is 0 Å². The molecule has 1 aromatic heterocycles. The van der Waals surface area contributed by atoms with Crippen molar-refractivity contribution >= 4 is 0 Å². The maximum absolute atomic E-state index is 11.9. The molecule has 2 saturated heterocycles. The molecule has 110 valence electrons. The lowest BCUT2D eigenvalue weighted by Gasteiger charge is -2.30. The number of hydrogen-bond acceptors (Lipinski definition) is 6. The lowest BCUT2D eigenvalue weighted by molar-refractivity contribution is -0.186. The van der Waals surface area contributed by atoms with Gasteiger partial charge < -0.3 is 19.7 Å². The summed E-state index contributed by atoms with van der Waals surface area (Å²) in [7, 11) is 0. The lowest BCUT2D eigenvalue weighted by atomic mass is 9.90. The monoisotopic (exact) mass is 284 g/mol. The molecule has 4 atom stereocenters. The number of H-pyrrole nitrogens is 1. The molecule has 2 fully saturated rings. The Morgan fingerprint density at radius 3 is 2.85 bits per heavy atom. The molecule has 2 aliphatic heterocycles. The minimum atomic E-state index is -0.992. The number of aryl methyl sites for hydroxylation is 1. The first kappa shape index (κ1) is 13.5. The van der Waals surface area contributed by atoms with Crippen molar-refractivity contribution in [2.45, 2.75) is 24.9 Å². The number of nitrogens with zero attached hydrogens (tertiary/aromatic N) is 1. The summed E-state index contributed by atoms with van der Waals surface area (Å²) in [6.07, 6.45) is 0.0984. The smallest absolute Gasteiger partial charge is 0.330 e. The van der Waals surface area contributed by atoms with Gasteiger partial charge >= 0.3 is 5.69 Å². The van der Waals surface area contributed by atoms with Crippen LogP contribution < -0.4 is 11.2 Å². The van der Waals surface area contributed by atoms with E-state index in [9.17, 15) is 19.8 Å². The summed E-state index contributed by atoms with van der Waals surface area (Å²) in [6, 6.07) is 0. The fourth-order valence-electron chi connectivity index (χ4n) is 2.93. The van der Waals surface area contributed by atoms with Gasteiger partial charge in [-0.1, -0.05) is 0 Å². The highest BCUT2D eigenvalue weighted by Gasteiger charge is 2.61. The quantitative estimate of drug-likeness (QED) is 0.598. The third-order valence-corrected chi connectivity index (χ3v) is 4.11. The van der Waals surface area contributed by atoms with Crippen LogP contribution >= 0.6 is 0 Å². The molecule has 0 aliphatic carbocycles. The van der Waals surface area contributed by atoms with E-state index in [-0.39, 0.29) is 19.8 Å². The molecule has 2 bridgehead atoms. The first-order valence-electron chi connectivity index (χ1n) is 6.35. The van der Waals surface area contributed by atoms with Crippen molar-refractivity contribution in [2.75, 3.05) is 19.8 Å². The molecular weight excluding hydrogens is 268 g/mol. The Morgan fingerprint density at radius 1 is 1.50 bits per heavy atom. The second-order valence-corrected chi connectivity index (χ2v) is 5.27. The van der Waals surface area contributed by atoms with Gasteiger partial charge in [0.15, 0.2) is 6.23 Å². The SMILES string of the molecule is Cc1cn([C@@H]2O[C@@]3(CO)COC2C3CO)c(=O)[nH]c1=O. The fraction of sp³-hybridized carbons (Fsp3) is 0.667. The molecule has 20 heavy (non-hydrogen) atoms. The summed E-state index contributed by atoms with van der Waals surface area (Å²) < 4.78 is 12.6. The fourth-order valence-corrected chi connectivity index (χ4v) is 2.93. The summed E-state index contributed by atoms with van der Waals surface area (Å²) in [5, 5.41) is 19.0. The van der Waals surface area contributed by atoms with Gasteiger partial charge in [0.2, 0.25) is 0 Å². The summed E-state index contributed by atoms with van der Waals surface area (Å²) in [5.74, 6) is -0.406. The van der Waals surface area contributed by atoms with Gasteiger partial charge in [0, 0.05) is 17.7 Å². The Morgan fingerprint density at radius 2 is 2.25 bits per heavy atom. The highest BCUT2D eigenvalue weighted by Crippen LogP contribution is 2.48. The van der Waals surface area contributed by atoms with Crippen LogP contribution in [0, 0.1) is 12.8 Å². The van der Waals surface area contributed by atoms with Crippen LogP contribution in [0.25, 0.3) is 0 Å². The Kier molecular flexibility index (Phi) is 3.05. The van der Waals surface area contributed by atoms with E-state index in [1.165, 1.54) is 10.8 Å². The van der Waals surface area contributed by atoms with Gasteiger partial charge in [0.25, 0.3) is 5.56 Å². The van der Waals surface area contributed by atoms with Crippen LogP contribution in [0.15, 0.2) is 15.8 Å². The van der Waals surface area contributed by atoms with Crippen LogP contribution in [0.5, 0.6) is 0 Å². The van der Waals surface area contributed by atoms with E-state index in [1.54, 1.807) is 6.92 Å². The number of fused-ring (bicyclic) bond motifs is 2. The first-order chi connectivity index (χ1) is 9.52. The van der Waals surface area contributed by atoms with Gasteiger partial charge in [-0.25, -0.2) is 4.79 Å². The van der Waals surface area contributed by atoms with Gasteiger partial charge in [-0.3, -0.25) is 14.3 Å². The van der Waals surface area contributed by atoms with Crippen molar-refractivity contribution in [1.29, 1.82) is 0 Å². The van der Waals surface area contributed by atoms with Crippen LogP contribution in [0.3, 0.4) is 0 Å². The molecule has 0 amide bonds. The molecule has 1 aromatic rings. The minimum Gasteiger partial charge on any atom is -0.396 e. The van der Waals surface area contributed by atoms with Gasteiger partial charge in [-0.2, -0.15) is 0 Å². The second-order valence-electron chi connectivity index (χ2n) is 5.27. The number of rotatable bonds is 3. The molecule has 3 rings (SSSR count). The van der Waals surface area contributed by atoms with E-state index in [0.717, 1.165) is 0 Å². The predicted octanol–water partition coefficient (Wildman–Crippen LogP) is -1.89. The zero-order chi connectivity index (χ0) is 14.5. The van der Waals surface area contributed by atoms with E-state index in [2.05, 4.69) is 4.98 Å². The molecule has 2 unspecified atom stereocenters. The molecule has 0 aromatic carbocycles. The average Bonchev–Trinajstić information content (AvgIpc) is 2.95. The molecule has 2 aliphatic rings. The number of ether oxygens (including phenoxy) is 2. The van der Waals surface area contributed by atoms with E-state index in [1.807, 2.05) is 0 Å². The molecule has 3 N–H and O–H groups in total. The number of nitrogens with one attached hydrogen (secondary N) is 1. The Hall–Kier alpha value is -1.48. The summed E-state index contributed by atoms with van der Waals surface area (Å²) in [6.45, 7) is 1.24.